The fourth-order valence-corrected chi connectivity index (χ4v) is 2.07. The monoisotopic (exact) mass is 255 g/mol. The molecule has 0 aromatic heterocycles. The molecule has 0 bridgehead atoms. The highest BCUT2D eigenvalue weighted by molar-refractivity contribution is 6.32. The molecule has 1 aromatic rings. The lowest BCUT2D eigenvalue weighted by atomic mass is 9.98. The summed E-state index contributed by atoms with van der Waals surface area (Å²) in [6, 6.07) is 4.12. The van der Waals surface area contributed by atoms with Gasteiger partial charge in [0, 0.05) is 0 Å². The van der Waals surface area contributed by atoms with E-state index in [2.05, 4.69) is 26.8 Å². The maximum Gasteiger partial charge on any atom is 0.141 e. The van der Waals surface area contributed by atoms with Crippen molar-refractivity contribution in [2.45, 2.75) is 39.5 Å². The van der Waals surface area contributed by atoms with Gasteiger partial charge in [0.05, 0.1) is 11.6 Å². The van der Waals surface area contributed by atoms with Crippen molar-refractivity contribution in [3.8, 4) is 5.75 Å². The average Bonchev–Trinajstić information content (AvgIpc) is 2.27. The number of rotatable bonds is 6. The van der Waals surface area contributed by atoms with Gasteiger partial charge in [-0.1, -0.05) is 38.4 Å². The first-order valence-corrected chi connectivity index (χ1v) is 6.63. The lowest BCUT2D eigenvalue weighted by Crippen LogP contribution is -2.06. The Labute approximate surface area is 109 Å². The molecule has 0 aliphatic rings. The van der Waals surface area contributed by atoms with E-state index >= 15 is 0 Å². The highest BCUT2D eigenvalue weighted by Gasteiger charge is 2.13. The summed E-state index contributed by atoms with van der Waals surface area (Å²) in [5.74, 6) is 1.24. The average molecular weight is 256 g/mol. The van der Waals surface area contributed by atoms with Gasteiger partial charge in [0.1, 0.15) is 5.75 Å². The van der Waals surface area contributed by atoms with Crippen LogP contribution in [0, 0.1) is 0 Å². The topological polar surface area (TPSA) is 35.2 Å². The van der Waals surface area contributed by atoms with E-state index in [1.807, 2.05) is 6.07 Å². The zero-order valence-corrected chi connectivity index (χ0v) is 11.7. The van der Waals surface area contributed by atoms with Crippen molar-refractivity contribution in [2.24, 2.45) is 5.73 Å². The van der Waals surface area contributed by atoms with Crippen molar-refractivity contribution in [2.75, 3.05) is 13.2 Å². The molecule has 0 spiro atoms. The summed E-state index contributed by atoms with van der Waals surface area (Å²) in [5.41, 5.74) is 7.94. The lowest BCUT2D eigenvalue weighted by Gasteiger charge is -2.17. The largest absolute Gasteiger partial charge is 0.492 e. The molecule has 0 aliphatic heterocycles. The highest BCUT2D eigenvalue weighted by Crippen LogP contribution is 2.35. The summed E-state index contributed by atoms with van der Waals surface area (Å²) in [4.78, 5) is 0. The number of halogens is 1. The van der Waals surface area contributed by atoms with Crippen LogP contribution < -0.4 is 10.5 Å². The maximum absolute atomic E-state index is 6.28. The third kappa shape index (κ3) is 3.90. The van der Waals surface area contributed by atoms with E-state index < -0.39 is 0 Å². The number of hydrogen-bond donors (Lipinski definition) is 1. The van der Waals surface area contributed by atoms with Crippen molar-refractivity contribution in [3.63, 3.8) is 0 Å². The summed E-state index contributed by atoms with van der Waals surface area (Å²) in [6.45, 7) is 7.73. The first kappa shape index (κ1) is 14.3. The number of benzene rings is 1. The molecule has 0 unspecified atom stereocenters. The van der Waals surface area contributed by atoms with Gasteiger partial charge >= 0.3 is 0 Å². The summed E-state index contributed by atoms with van der Waals surface area (Å²) in [5, 5.41) is 0.702. The number of hydrogen-bond acceptors (Lipinski definition) is 2. The SMILES string of the molecule is CCCOc1c(Cl)cc(CCN)cc1C(C)C. The van der Waals surface area contributed by atoms with Crippen LogP contribution in [0.3, 0.4) is 0 Å². The molecule has 0 amide bonds. The highest BCUT2D eigenvalue weighted by atomic mass is 35.5. The summed E-state index contributed by atoms with van der Waals surface area (Å²) in [6.07, 6.45) is 1.84. The normalized spacial score (nSPS) is 10.9. The number of nitrogens with two attached hydrogens (primary N) is 1. The van der Waals surface area contributed by atoms with E-state index in [0.29, 0.717) is 24.1 Å². The van der Waals surface area contributed by atoms with Crippen LogP contribution in [-0.2, 0) is 6.42 Å². The molecule has 0 fully saturated rings. The molecule has 0 aliphatic carbocycles. The number of ether oxygens (including phenoxy) is 1. The molecule has 0 heterocycles. The third-order valence-corrected chi connectivity index (χ3v) is 2.92. The van der Waals surface area contributed by atoms with Crippen LogP contribution in [0.5, 0.6) is 5.75 Å². The Morgan fingerprint density at radius 1 is 1.35 bits per heavy atom. The summed E-state index contributed by atoms with van der Waals surface area (Å²) >= 11 is 6.28. The molecule has 0 radical (unpaired) electrons. The Bertz CT molecular complexity index is 363. The predicted molar refractivity (Wildman–Crippen MR) is 74.1 cm³/mol. The van der Waals surface area contributed by atoms with Gasteiger partial charge < -0.3 is 10.5 Å². The van der Waals surface area contributed by atoms with E-state index in [9.17, 15) is 0 Å². The standard InChI is InChI=1S/C14H22ClNO/c1-4-7-17-14-12(10(2)3)8-11(5-6-16)9-13(14)15/h8-10H,4-7,16H2,1-3H3. The lowest BCUT2D eigenvalue weighted by molar-refractivity contribution is 0.313. The second kappa shape index (κ2) is 6.87. The van der Waals surface area contributed by atoms with Crippen LogP contribution in [0.4, 0.5) is 0 Å². The molecule has 1 aromatic carbocycles. The van der Waals surface area contributed by atoms with Gasteiger partial charge in [-0.05, 0) is 42.5 Å². The van der Waals surface area contributed by atoms with Gasteiger partial charge in [0.25, 0.3) is 0 Å². The van der Waals surface area contributed by atoms with Crippen LogP contribution in [0.25, 0.3) is 0 Å². The Hall–Kier alpha value is -0.730. The summed E-state index contributed by atoms with van der Waals surface area (Å²) in [7, 11) is 0. The predicted octanol–water partition coefficient (Wildman–Crippen LogP) is 3.75. The zero-order chi connectivity index (χ0) is 12.8. The van der Waals surface area contributed by atoms with E-state index in [1.54, 1.807) is 0 Å². The molecular formula is C14H22ClNO. The minimum atomic E-state index is 0.400. The fourth-order valence-electron chi connectivity index (χ4n) is 1.77. The maximum atomic E-state index is 6.28. The van der Waals surface area contributed by atoms with Gasteiger partial charge in [0.2, 0.25) is 0 Å². The molecule has 17 heavy (non-hydrogen) atoms. The van der Waals surface area contributed by atoms with Crippen molar-refractivity contribution in [1.82, 2.24) is 0 Å². The quantitative estimate of drug-likeness (QED) is 0.840. The van der Waals surface area contributed by atoms with Crippen LogP contribution >= 0.6 is 11.6 Å². The van der Waals surface area contributed by atoms with Crippen molar-refractivity contribution < 1.29 is 4.74 Å². The van der Waals surface area contributed by atoms with Gasteiger partial charge in [-0.15, -0.1) is 0 Å². The second-order valence-corrected chi connectivity index (χ2v) is 4.95. The minimum absolute atomic E-state index is 0.400. The molecule has 3 heteroatoms. The second-order valence-electron chi connectivity index (χ2n) is 4.54. The van der Waals surface area contributed by atoms with E-state index in [1.165, 1.54) is 11.1 Å². The van der Waals surface area contributed by atoms with Crippen LogP contribution in [0.1, 0.15) is 44.2 Å². The van der Waals surface area contributed by atoms with Crippen LogP contribution in [-0.4, -0.2) is 13.2 Å². The first-order chi connectivity index (χ1) is 8.10. The smallest absolute Gasteiger partial charge is 0.141 e. The first-order valence-electron chi connectivity index (χ1n) is 6.25. The van der Waals surface area contributed by atoms with Crippen molar-refractivity contribution in [3.05, 3.63) is 28.3 Å². The minimum Gasteiger partial charge on any atom is -0.492 e. The van der Waals surface area contributed by atoms with Crippen molar-refractivity contribution in [1.29, 1.82) is 0 Å². The van der Waals surface area contributed by atoms with Crippen LogP contribution in [0.2, 0.25) is 5.02 Å². The Balaban J connectivity index is 3.09. The van der Waals surface area contributed by atoms with E-state index in [4.69, 9.17) is 22.1 Å². The molecule has 0 atom stereocenters. The fraction of sp³-hybridized carbons (Fsp3) is 0.571. The van der Waals surface area contributed by atoms with Crippen LogP contribution in [0.15, 0.2) is 12.1 Å². The zero-order valence-electron chi connectivity index (χ0n) is 10.9. The van der Waals surface area contributed by atoms with E-state index in [-0.39, 0.29) is 0 Å². The van der Waals surface area contributed by atoms with Gasteiger partial charge in [0.15, 0.2) is 0 Å². The molecule has 96 valence electrons. The molecule has 2 N–H and O–H groups in total. The van der Waals surface area contributed by atoms with Gasteiger partial charge in [-0.25, -0.2) is 0 Å². The molecular weight excluding hydrogens is 234 g/mol. The van der Waals surface area contributed by atoms with Gasteiger partial charge in [-0.2, -0.15) is 0 Å². The Morgan fingerprint density at radius 2 is 2.06 bits per heavy atom. The van der Waals surface area contributed by atoms with Gasteiger partial charge in [-0.3, -0.25) is 0 Å². The van der Waals surface area contributed by atoms with E-state index in [0.717, 1.165) is 18.6 Å². The molecule has 0 saturated heterocycles. The molecule has 2 nitrogen and oxygen atoms in total. The third-order valence-electron chi connectivity index (χ3n) is 2.64. The Morgan fingerprint density at radius 3 is 2.59 bits per heavy atom. The Kier molecular flexibility index (Phi) is 5.79. The van der Waals surface area contributed by atoms with Crippen molar-refractivity contribution >= 4 is 11.6 Å². The molecule has 0 saturated carbocycles. The molecule has 1 rings (SSSR count). The summed E-state index contributed by atoms with van der Waals surface area (Å²) < 4.78 is 5.75.